The molecule has 11 heteroatoms. The van der Waals surface area contributed by atoms with Gasteiger partial charge in [0, 0.05) is 24.2 Å². The summed E-state index contributed by atoms with van der Waals surface area (Å²) in [6.45, 7) is 0.886. The van der Waals surface area contributed by atoms with E-state index in [0.29, 0.717) is 11.5 Å². The van der Waals surface area contributed by atoms with Gasteiger partial charge in [0.25, 0.3) is 11.6 Å². The molecule has 1 heterocycles. The highest BCUT2D eigenvalue weighted by Crippen LogP contribution is 2.37. The van der Waals surface area contributed by atoms with E-state index in [0.717, 1.165) is 0 Å². The molecule has 1 aliphatic heterocycles. The van der Waals surface area contributed by atoms with Crippen molar-refractivity contribution < 1.29 is 33.5 Å². The minimum absolute atomic E-state index is 0.0157. The highest BCUT2D eigenvalue weighted by molar-refractivity contribution is 6.05. The number of para-hydroxylation sites is 2. The molecule has 31 heavy (non-hydrogen) atoms. The summed E-state index contributed by atoms with van der Waals surface area (Å²) in [7, 11) is 0. The summed E-state index contributed by atoms with van der Waals surface area (Å²) in [5.41, 5.74) is 0.617. The van der Waals surface area contributed by atoms with Gasteiger partial charge in [0.2, 0.25) is 6.79 Å². The lowest BCUT2D eigenvalue weighted by Crippen LogP contribution is -2.22. The summed E-state index contributed by atoms with van der Waals surface area (Å²) in [6.07, 6.45) is -0.109. The summed E-state index contributed by atoms with van der Waals surface area (Å²) < 4.78 is 15.4. The second-order valence-electron chi connectivity index (χ2n) is 6.47. The maximum atomic E-state index is 12.1. The summed E-state index contributed by atoms with van der Waals surface area (Å²) >= 11 is 0. The topological polar surface area (TPSA) is 146 Å². The molecule has 0 radical (unpaired) electrons. The molecule has 0 atom stereocenters. The van der Waals surface area contributed by atoms with E-state index in [1.807, 2.05) is 0 Å². The summed E-state index contributed by atoms with van der Waals surface area (Å²) in [6, 6.07) is 8.97. The Bertz CT molecular complexity index is 1040. The van der Waals surface area contributed by atoms with Gasteiger partial charge in [0.05, 0.1) is 17.0 Å². The number of hydrogen-bond acceptors (Lipinski definition) is 9. The normalized spacial score (nSPS) is 11.5. The third kappa shape index (κ3) is 5.47. The first-order valence-corrected chi connectivity index (χ1v) is 9.22. The molecule has 162 valence electrons. The van der Waals surface area contributed by atoms with Crippen molar-refractivity contribution in [2.24, 2.45) is 0 Å². The van der Waals surface area contributed by atoms with E-state index in [9.17, 15) is 24.5 Å². The molecule has 0 fully saturated rings. The van der Waals surface area contributed by atoms with Crippen LogP contribution in [0.1, 0.15) is 23.7 Å². The van der Waals surface area contributed by atoms with Gasteiger partial charge in [-0.1, -0.05) is 12.1 Å². The van der Waals surface area contributed by atoms with E-state index < -0.39 is 23.4 Å². The minimum atomic E-state index is -0.668. The van der Waals surface area contributed by atoms with Crippen molar-refractivity contribution >= 4 is 34.7 Å². The Morgan fingerprint density at radius 2 is 1.84 bits per heavy atom. The van der Waals surface area contributed by atoms with Crippen molar-refractivity contribution in [3.05, 3.63) is 52.1 Å². The number of ether oxygens (including phenoxy) is 3. The smallest absolute Gasteiger partial charge is 0.308 e. The molecule has 0 saturated carbocycles. The van der Waals surface area contributed by atoms with Crippen LogP contribution in [0.2, 0.25) is 0 Å². The predicted molar refractivity (Wildman–Crippen MR) is 108 cm³/mol. The van der Waals surface area contributed by atoms with Gasteiger partial charge in [-0.2, -0.15) is 0 Å². The standard InChI is InChI=1S/C20H19N3O8/c1-12(24)13-8-17-18(31-11-30-17)9-15(13)22-19(25)10-29-20(26)6-7-21-14-4-2-3-5-16(14)23(27)28/h2-5,8-9,21H,6-7,10-11H2,1H3,(H,22,25). The highest BCUT2D eigenvalue weighted by Gasteiger charge is 2.21. The number of anilines is 2. The van der Waals surface area contributed by atoms with E-state index in [1.165, 1.54) is 37.3 Å². The van der Waals surface area contributed by atoms with Crippen LogP contribution in [0.3, 0.4) is 0 Å². The minimum Gasteiger partial charge on any atom is -0.456 e. The number of carbonyl (C=O) groups excluding carboxylic acids is 3. The lowest BCUT2D eigenvalue weighted by atomic mass is 10.1. The predicted octanol–water partition coefficient (Wildman–Crippen LogP) is 2.51. The van der Waals surface area contributed by atoms with Crippen LogP contribution in [-0.2, 0) is 14.3 Å². The number of carbonyl (C=O) groups is 3. The lowest BCUT2D eigenvalue weighted by molar-refractivity contribution is -0.384. The van der Waals surface area contributed by atoms with E-state index in [1.54, 1.807) is 6.07 Å². The molecule has 2 N–H and O–H groups in total. The molecule has 2 aromatic rings. The maximum absolute atomic E-state index is 12.1. The van der Waals surface area contributed by atoms with Crippen LogP contribution in [0.15, 0.2) is 36.4 Å². The number of nitro groups is 1. The quantitative estimate of drug-likeness (QED) is 0.266. The number of amides is 1. The van der Waals surface area contributed by atoms with Crippen LogP contribution in [0.4, 0.5) is 17.1 Å². The monoisotopic (exact) mass is 429 g/mol. The van der Waals surface area contributed by atoms with Gasteiger partial charge in [-0.25, -0.2) is 0 Å². The number of rotatable bonds is 9. The number of nitrogens with zero attached hydrogens (tertiary/aromatic N) is 1. The maximum Gasteiger partial charge on any atom is 0.308 e. The van der Waals surface area contributed by atoms with Gasteiger partial charge in [0.15, 0.2) is 23.9 Å². The molecule has 0 spiro atoms. The van der Waals surface area contributed by atoms with Crippen molar-refractivity contribution in [3.63, 3.8) is 0 Å². The number of fused-ring (bicyclic) bond motifs is 1. The fourth-order valence-electron chi connectivity index (χ4n) is 2.82. The van der Waals surface area contributed by atoms with Crippen molar-refractivity contribution in [2.75, 3.05) is 30.6 Å². The first kappa shape index (κ1) is 21.6. The number of nitro benzene ring substituents is 1. The SMILES string of the molecule is CC(=O)c1cc2c(cc1NC(=O)COC(=O)CCNc1ccccc1[N+](=O)[O-])OCO2. The van der Waals surface area contributed by atoms with Crippen molar-refractivity contribution in [1.82, 2.24) is 0 Å². The average Bonchev–Trinajstić information content (AvgIpc) is 3.19. The van der Waals surface area contributed by atoms with Gasteiger partial charge in [-0.15, -0.1) is 0 Å². The molecular formula is C20H19N3O8. The van der Waals surface area contributed by atoms with E-state index >= 15 is 0 Å². The zero-order valence-corrected chi connectivity index (χ0v) is 16.5. The first-order chi connectivity index (χ1) is 14.8. The van der Waals surface area contributed by atoms with Crippen LogP contribution in [0, 0.1) is 10.1 Å². The first-order valence-electron chi connectivity index (χ1n) is 9.22. The van der Waals surface area contributed by atoms with E-state index in [2.05, 4.69) is 10.6 Å². The largest absolute Gasteiger partial charge is 0.456 e. The lowest BCUT2D eigenvalue weighted by Gasteiger charge is -2.11. The Kier molecular flexibility index (Phi) is 6.65. The van der Waals surface area contributed by atoms with Crippen LogP contribution < -0.4 is 20.1 Å². The van der Waals surface area contributed by atoms with Crippen molar-refractivity contribution in [3.8, 4) is 11.5 Å². The second kappa shape index (κ2) is 9.57. The zero-order chi connectivity index (χ0) is 22.4. The summed E-state index contributed by atoms with van der Waals surface area (Å²) in [5, 5.41) is 16.3. The van der Waals surface area contributed by atoms with Gasteiger partial charge in [-0.05, 0) is 19.1 Å². The van der Waals surface area contributed by atoms with E-state index in [-0.39, 0.29) is 48.2 Å². The molecule has 0 aliphatic carbocycles. The Morgan fingerprint density at radius 3 is 2.55 bits per heavy atom. The van der Waals surface area contributed by atoms with Gasteiger partial charge in [-0.3, -0.25) is 24.5 Å². The fourth-order valence-corrected chi connectivity index (χ4v) is 2.82. The fraction of sp³-hybridized carbons (Fsp3) is 0.250. The number of esters is 1. The van der Waals surface area contributed by atoms with Gasteiger partial charge < -0.3 is 24.8 Å². The van der Waals surface area contributed by atoms with Crippen LogP contribution in [-0.4, -0.2) is 42.5 Å². The third-order valence-corrected chi connectivity index (χ3v) is 4.28. The zero-order valence-electron chi connectivity index (χ0n) is 16.5. The third-order valence-electron chi connectivity index (χ3n) is 4.28. The number of Topliss-reactive ketones (excluding diaryl/α,β-unsaturated/α-hetero) is 1. The van der Waals surface area contributed by atoms with Crippen molar-refractivity contribution in [2.45, 2.75) is 13.3 Å². The van der Waals surface area contributed by atoms with Crippen LogP contribution >= 0.6 is 0 Å². The average molecular weight is 429 g/mol. The van der Waals surface area contributed by atoms with Crippen molar-refractivity contribution in [1.29, 1.82) is 0 Å². The molecule has 3 rings (SSSR count). The number of hydrogen-bond donors (Lipinski definition) is 2. The number of ketones is 1. The van der Waals surface area contributed by atoms with Crippen LogP contribution in [0.25, 0.3) is 0 Å². The molecule has 1 amide bonds. The van der Waals surface area contributed by atoms with Crippen LogP contribution in [0.5, 0.6) is 11.5 Å². The molecule has 0 aromatic heterocycles. The highest BCUT2D eigenvalue weighted by atomic mass is 16.7. The number of benzene rings is 2. The molecule has 11 nitrogen and oxygen atoms in total. The molecule has 2 aromatic carbocycles. The molecule has 0 bridgehead atoms. The molecule has 0 saturated heterocycles. The van der Waals surface area contributed by atoms with E-state index in [4.69, 9.17) is 14.2 Å². The Balaban J connectivity index is 1.49. The van der Waals surface area contributed by atoms with Gasteiger partial charge in [0.1, 0.15) is 5.69 Å². The Morgan fingerprint density at radius 1 is 1.13 bits per heavy atom. The Hall–Kier alpha value is -4.15. The molecule has 1 aliphatic rings. The molecule has 0 unspecified atom stereocenters. The summed E-state index contributed by atoms with van der Waals surface area (Å²) in [4.78, 5) is 46.3. The second-order valence-corrected chi connectivity index (χ2v) is 6.47. The Labute approximate surface area is 176 Å². The summed E-state index contributed by atoms with van der Waals surface area (Å²) in [5.74, 6) is -0.800. The molecular weight excluding hydrogens is 410 g/mol. The van der Waals surface area contributed by atoms with Gasteiger partial charge >= 0.3 is 5.97 Å². The number of nitrogens with one attached hydrogen (secondary N) is 2.